The van der Waals surface area contributed by atoms with Gasteiger partial charge in [0.2, 0.25) is 0 Å². The Morgan fingerprint density at radius 3 is 2.70 bits per heavy atom. The van der Waals surface area contributed by atoms with Crippen molar-refractivity contribution in [3.8, 4) is 5.75 Å². The monoisotopic (exact) mass is 275 g/mol. The van der Waals surface area contributed by atoms with E-state index in [9.17, 15) is 9.18 Å². The lowest BCUT2D eigenvalue weighted by atomic mass is 10.1. The highest BCUT2D eigenvalue weighted by Crippen LogP contribution is 2.25. The lowest BCUT2D eigenvalue weighted by Crippen LogP contribution is -2.09. The molecule has 0 amide bonds. The lowest BCUT2D eigenvalue weighted by molar-refractivity contribution is 0.0473. The van der Waals surface area contributed by atoms with Crippen LogP contribution in [0.3, 0.4) is 0 Å². The van der Waals surface area contributed by atoms with Gasteiger partial charge >= 0.3 is 5.97 Å². The Balaban J connectivity index is 2.09. The number of benzene rings is 2. The van der Waals surface area contributed by atoms with E-state index < -0.39 is 5.97 Å². The summed E-state index contributed by atoms with van der Waals surface area (Å²) in [5.74, 6) is -0.546. The summed E-state index contributed by atoms with van der Waals surface area (Å²) >= 11 is 0. The van der Waals surface area contributed by atoms with Gasteiger partial charge in [-0.1, -0.05) is 18.2 Å². The smallest absolute Gasteiger partial charge is 0.340 e. The molecule has 0 unspecified atom stereocenters. The number of nitrogens with two attached hydrogens (primary N) is 1. The van der Waals surface area contributed by atoms with E-state index in [2.05, 4.69) is 0 Å². The quantitative estimate of drug-likeness (QED) is 0.688. The van der Waals surface area contributed by atoms with Gasteiger partial charge in [0.05, 0.1) is 18.4 Å². The zero-order valence-electron chi connectivity index (χ0n) is 10.9. The molecule has 0 bridgehead atoms. The minimum atomic E-state index is -0.578. The molecule has 0 aromatic heterocycles. The summed E-state index contributed by atoms with van der Waals surface area (Å²) in [5.41, 5.74) is 6.82. The van der Waals surface area contributed by atoms with Gasteiger partial charge in [-0.15, -0.1) is 0 Å². The van der Waals surface area contributed by atoms with Crippen LogP contribution in [-0.4, -0.2) is 13.1 Å². The molecule has 0 spiro atoms. The number of halogens is 1. The minimum absolute atomic E-state index is 0.0206. The van der Waals surface area contributed by atoms with Crippen LogP contribution in [0.25, 0.3) is 0 Å². The molecule has 0 saturated heterocycles. The highest BCUT2D eigenvalue weighted by Gasteiger charge is 2.14. The van der Waals surface area contributed by atoms with Gasteiger partial charge < -0.3 is 15.2 Å². The molecule has 0 aliphatic carbocycles. The predicted molar refractivity (Wildman–Crippen MR) is 72.9 cm³/mol. The number of hydrogen-bond acceptors (Lipinski definition) is 4. The first-order chi connectivity index (χ1) is 9.61. The van der Waals surface area contributed by atoms with Crippen molar-refractivity contribution in [2.75, 3.05) is 12.8 Å². The van der Waals surface area contributed by atoms with E-state index in [0.717, 1.165) is 0 Å². The van der Waals surface area contributed by atoms with Gasteiger partial charge in [-0.2, -0.15) is 0 Å². The summed E-state index contributed by atoms with van der Waals surface area (Å²) in [4.78, 5) is 11.9. The second-order valence-electron chi connectivity index (χ2n) is 4.13. The number of carbonyl (C=O) groups excluding carboxylic acids is 1. The van der Waals surface area contributed by atoms with Gasteiger partial charge in [-0.3, -0.25) is 0 Å². The molecule has 104 valence electrons. The van der Waals surface area contributed by atoms with Gasteiger partial charge in [-0.05, 0) is 29.8 Å². The summed E-state index contributed by atoms with van der Waals surface area (Å²) in [7, 11) is 1.47. The van der Waals surface area contributed by atoms with Gasteiger partial charge in [0.1, 0.15) is 18.2 Å². The molecule has 2 aromatic rings. The zero-order chi connectivity index (χ0) is 14.5. The molecule has 4 nitrogen and oxygen atoms in total. The van der Waals surface area contributed by atoms with Crippen molar-refractivity contribution in [1.29, 1.82) is 0 Å². The van der Waals surface area contributed by atoms with Crippen LogP contribution in [0.15, 0.2) is 42.5 Å². The van der Waals surface area contributed by atoms with E-state index in [0.29, 0.717) is 11.3 Å². The first kappa shape index (κ1) is 13.9. The SMILES string of the molecule is COc1cccc(C(=O)OCc2cccc(F)c2)c1N. The van der Waals surface area contributed by atoms with Crippen LogP contribution >= 0.6 is 0 Å². The molecular formula is C15H14FNO3. The molecule has 0 fully saturated rings. The van der Waals surface area contributed by atoms with E-state index in [1.54, 1.807) is 30.3 Å². The van der Waals surface area contributed by atoms with Crippen LogP contribution in [0.2, 0.25) is 0 Å². The fraction of sp³-hybridized carbons (Fsp3) is 0.133. The number of anilines is 1. The third-order valence-electron chi connectivity index (χ3n) is 2.76. The maximum atomic E-state index is 13.0. The maximum Gasteiger partial charge on any atom is 0.340 e. The molecule has 0 aliphatic heterocycles. The van der Waals surface area contributed by atoms with Crippen molar-refractivity contribution < 1.29 is 18.7 Å². The van der Waals surface area contributed by atoms with Crippen LogP contribution in [0.4, 0.5) is 10.1 Å². The molecule has 0 atom stereocenters. The Morgan fingerprint density at radius 2 is 2.00 bits per heavy atom. The highest BCUT2D eigenvalue weighted by atomic mass is 19.1. The lowest BCUT2D eigenvalue weighted by Gasteiger charge is -2.10. The van der Waals surface area contributed by atoms with Crippen molar-refractivity contribution in [2.45, 2.75) is 6.61 Å². The summed E-state index contributed by atoms with van der Waals surface area (Å²) in [6.07, 6.45) is 0. The van der Waals surface area contributed by atoms with Crippen LogP contribution in [0, 0.1) is 5.82 Å². The molecule has 2 N–H and O–H groups in total. The van der Waals surface area contributed by atoms with E-state index >= 15 is 0 Å². The van der Waals surface area contributed by atoms with Gasteiger partial charge in [0.15, 0.2) is 0 Å². The predicted octanol–water partition coefficient (Wildman–Crippen LogP) is 2.77. The Hall–Kier alpha value is -2.56. The molecule has 0 saturated carbocycles. The number of nitrogen functional groups attached to an aromatic ring is 1. The average Bonchev–Trinajstić information content (AvgIpc) is 2.45. The van der Waals surface area contributed by atoms with Gasteiger partial charge in [-0.25, -0.2) is 9.18 Å². The summed E-state index contributed by atoms with van der Waals surface area (Å²) in [6.45, 7) is -0.0206. The van der Waals surface area contributed by atoms with Crippen molar-refractivity contribution in [3.05, 3.63) is 59.4 Å². The summed E-state index contributed by atoms with van der Waals surface area (Å²) in [6, 6.07) is 10.7. The summed E-state index contributed by atoms with van der Waals surface area (Å²) in [5, 5.41) is 0. The Labute approximate surface area is 115 Å². The van der Waals surface area contributed by atoms with E-state index in [1.165, 1.54) is 19.2 Å². The summed E-state index contributed by atoms with van der Waals surface area (Å²) < 4.78 is 23.1. The third kappa shape index (κ3) is 3.06. The van der Waals surface area contributed by atoms with Crippen LogP contribution in [-0.2, 0) is 11.3 Å². The second-order valence-corrected chi connectivity index (χ2v) is 4.13. The number of para-hydroxylation sites is 1. The first-order valence-electron chi connectivity index (χ1n) is 5.96. The molecule has 0 radical (unpaired) electrons. The second kappa shape index (κ2) is 6.06. The standard InChI is InChI=1S/C15H14FNO3/c1-19-13-7-3-6-12(14(13)17)15(18)20-9-10-4-2-5-11(16)8-10/h2-8H,9,17H2,1H3. The molecule has 2 aromatic carbocycles. The topological polar surface area (TPSA) is 61.5 Å². The molecule has 0 aliphatic rings. The van der Waals surface area contributed by atoms with Crippen molar-refractivity contribution in [3.63, 3.8) is 0 Å². The maximum absolute atomic E-state index is 13.0. The van der Waals surface area contributed by atoms with E-state index in [-0.39, 0.29) is 23.7 Å². The Kier molecular flexibility index (Phi) is 4.20. The van der Waals surface area contributed by atoms with Crippen molar-refractivity contribution in [1.82, 2.24) is 0 Å². The molecule has 20 heavy (non-hydrogen) atoms. The van der Waals surface area contributed by atoms with Crippen LogP contribution < -0.4 is 10.5 Å². The number of rotatable bonds is 4. The average molecular weight is 275 g/mol. The van der Waals surface area contributed by atoms with Crippen molar-refractivity contribution in [2.24, 2.45) is 0 Å². The minimum Gasteiger partial charge on any atom is -0.495 e. The number of hydrogen-bond donors (Lipinski definition) is 1. The Bertz CT molecular complexity index is 628. The van der Waals surface area contributed by atoms with E-state index in [4.69, 9.17) is 15.2 Å². The molecule has 5 heteroatoms. The first-order valence-corrected chi connectivity index (χ1v) is 5.96. The zero-order valence-corrected chi connectivity index (χ0v) is 10.9. The largest absolute Gasteiger partial charge is 0.495 e. The normalized spacial score (nSPS) is 10.1. The molecular weight excluding hydrogens is 261 g/mol. The third-order valence-corrected chi connectivity index (χ3v) is 2.76. The van der Waals surface area contributed by atoms with Crippen molar-refractivity contribution >= 4 is 11.7 Å². The van der Waals surface area contributed by atoms with Gasteiger partial charge in [0, 0.05) is 0 Å². The number of esters is 1. The number of methoxy groups -OCH3 is 1. The number of carbonyl (C=O) groups is 1. The fourth-order valence-electron chi connectivity index (χ4n) is 1.75. The fourth-order valence-corrected chi connectivity index (χ4v) is 1.75. The molecule has 0 heterocycles. The highest BCUT2D eigenvalue weighted by molar-refractivity contribution is 5.96. The Morgan fingerprint density at radius 1 is 1.25 bits per heavy atom. The number of ether oxygens (including phenoxy) is 2. The van der Waals surface area contributed by atoms with Crippen LogP contribution in [0.5, 0.6) is 5.75 Å². The van der Waals surface area contributed by atoms with Crippen LogP contribution in [0.1, 0.15) is 15.9 Å². The molecule has 2 rings (SSSR count). The van der Waals surface area contributed by atoms with E-state index in [1.807, 2.05) is 0 Å². The van der Waals surface area contributed by atoms with Gasteiger partial charge in [0.25, 0.3) is 0 Å².